The van der Waals surface area contributed by atoms with Crippen LogP contribution in [0.25, 0.3) is 0 Å². The SMILES string of the molecule is [2H]c1c([2H])c(C([2H])(C2(O)CCCCC2)C([2H])([2H])N(C([2H])([2H])[2H])C([2H])([2H])[2H])c([2H])c([2H])c1O.[2H]c1c([2H])c(C([2H])(C2(O)CCCCC2)C([2H])([2H])N(C)C([2H])([2H])[2H])c([2H])c([2H])c1O.[2H]c1c([2H])c(C([2H])(C2(O)CCCCC2)C([2H])([2H])N(C)C)c([2H])c([2H])c1O.[2H]c1c([2H])c(C([2H])(CN(C([2H])([2H])[2H])C([2H])([2H])[2H])C2(O)CCCCC2)c([2H])c([2H])c1O.[2H]c1c([2H])c(C([2H])(CN(C)C([2H])([2H])[2H])C2(O)CCCCC2)c([2H])c([2H])c1O.[2H]c1c([2H])c(C([2H])(CN(C)C)C2(O)CCCCC2)c([2H])c([2H])c1O. The van der Waals surface area contributed by atoms with Crippen LogP contribution in [0.1, 0.15) is 335 Å². The molecule has 0 aliphatic heterocycles. The highest BCUT2D eigenvalue weighted by Crippen LogP contribution is 2.47. The minimum atomic E-state index is -3.74. The van der Waals surface area contributed by atoms with E-state index in [-0.39, 0.29) is 94.1 Å². The maximum absolute atomic E-state index is 11.5. The van der Waals surface area contributed by atoms with E-state index in [1.165, 1.54) is 21.1 Å². The van der Waals surface area contributed by atoms with Crippen molar-refractivity contribution in [2.75, 3.05) is 123 Å². The van der Waals surface area contributed by atoms with Gasteiger partial charge in [0.05, 0.1) is 66.5 Å². The van der Waals surface area contributed by atoms with Gasteiger partial charge in [-0.2, -0.15) is 0 Å². The highest BCUT2D eigenvalue weighted by atomic mass is 16.3. The first-order valence-corrected chi connectivity index (χ1v) is 38.4. The van der Waals surface area contributed by atoms with Gasteiger partial charge in [0.2, 0.25) is 0 Å². The average Bonchev–Trinajstić information content (AvgIpc) is 0.680. The van der Waals surface area contributed by atoms with Gasteiger partial charge in [-0.15, -0.1) is 0 Å². The second-order valence-electron chi connectivity index (χ2n) is 30.3. The first-order chi connectivity index (χ1) is 75.9. The normalized spacial score (nSPS) is 29.9. The lowest BCUT2D eigenvalue weighted by Gasteiger charge is -2.40. The number of phenolic OH excluding ortho intramolecular Hbond substituents is 6. The first kappa shape index (κ1) is 43.6. The zero-order valence-electron chi connectivity index (χ0n) is 120. The van der Waals surface area contributed by atoms with Gasteiger partial charge >= 0.3 is 0 Å². The Morgan fingerprint density at radius 2 is 0.412 bits per heavy atom. The van der Waals surface area contributed by atoms with Crippen LogP contribution in [0, 0.1) is 0 Å². The van der Waals surface area contributed by atoms with Gasteiger partial charge in [-0.05, 0) is 267 Å². The van der Waals surface area contributed by atoms with E-state index in [0.29, 0.717) is 81.9 Å². The largest absolute Gasteiger partial charge is 0.508 e. The van der Waals surface area contributed by atoms with Crippen molar-refractivity contribution in [3.63, 3.8) is 0 Å². The summed E-state index contributed by atoms with van der Waals surface area (Å²) < 4.78 is 436. The molecule has 0 spiro atoms. The molecule has 6 aliphatic carbocycles. The number of benzene rings is 6. The molecular formula is C96H150N6O12. The standard InChI is InChI=1S/6C16H25NO2/c6*1-17(2)12-15(13-6-8-14(18)9-7-13)16(19)10-4-3-5-11-16/h6*6-9,15,18-19H,3-5,10-12H2,1-2H3/i1D3,2D3,6D,7D,8D,9D,12D2,15D;1D3,6D,7D,8D,9D,12D2,15D;1D3,2D3,6D,7D,8D,9D,15D;6D,7D,8D,9D,12D2,15D;1D3,6D,7D,8D,9D,15D;6D,7D,8D,9D,15D. The van der Waals surface area contributed by atoms with Crippen molar-refractivity contribution in [2.45, 2.75) is 262 Å². The molecule has 6 aromatic carbocycles. The van der Waals surface area contributed by atoms with Gasteiger partial charge < -0.3 is 90.7 Å². The van der Waals surface area contributed by atoms with Gasteiger partial charge in [-0.1, -0.05) is 188 Å². The summed E-state index contributed by atoms with van der Waals surface area (Å²) in [7, 11) is 8.45. The quantitative estimate of drug-likeness (QED) is 0.0269. The van der Waals surface area contributed by atoms with Gasteiger partial charge in [0.1, 0.15) is 34.5 Å². The molecule has 0 saturated heterocycles. The fourth-order valence-electron chi connectivity index (χ4n) is 14.9. The van der Waals surface area contributed by atoms with E-state index in [1.807, 2.05) is 0 Å². The summed E-state index contributed by atoms with van der Waals surface area (Å²) in [5, 5.41) is 127. The van der Waals surface area contributed by atoms with Crippen LogP contribution < -0.4 is 0 Å². The molecule has 0 radical (unpaired) electrons. The van der Waals surface area contributed by atoms with Crippen molar-refractivity contribution in [1.29, 1.82) is 0 Å². The lowest BCUT2D eigenvalue weighted by Crippen LogP contribution is -2.42. The highest BCUT2D eigenvalue weighted by molar-refractivity contribution is 5.36. The summed E-state index contributed by atoms with van der Waals surface area (Å²) in [6, 6.07) is -18.7. The Bertz CT molecular complexity index is 6280. The fourth-order valence-corrected chi connectivity index (χ4v) is 14.9. The van der Waals surface area contributed by atoms with E-state index in [0.717, 1.165) is 55.4 Å². The molecule has 6 atom stereocenters. The summed E-state index contributed by atoms with van der Waals surface area (Å²) in [6.07, 6.45) is 11.5. The Labute approximate surface area is 762 Å². The summed E-state index contributed by atoms with van der Waals surface area (Å²) in [4.78, 5) is 3.55. The number of nitrogens with zero attached hydrogens (tertiary/aromatic N) is 6. The lowest BCUT2D eigenvalue weighted by atomic mass is 9.72. The van der Waals surface area contributed by atoms with Crippen LogP contribution in [-0.4, -0.2) is 248 Å². The molecule has 636 valence electrons. The maximum atomic E-state index is 11.5. The molecule has 6 aromatic rings. The average molecular weight is 1630 g/mol. The van der Waals surface area contributed by atoms with Gasteiger partial charge in [-0.3, -0.25) is 0 Å². The highest BCUT2D eigenvalue weighted by Gasteiger charge is 2.45. The molecule has 0 bridgehead atoms. The van der Waals surface area contributed by atoms with Crippen LogP contribution in [0.3, 0.4) is 0 Å². The molecule has 12 N–H and O–H groups in total. The van der Waals surface area contributed by atoms with Crippen molar-refractivity contribution >= 4 is 0 Å². The van der Waals surface area contributed by atoms with Crippen LogP contribution in [0.15, 0.2) is 145 Å². The molecule has 18 nitrogen and oxygen atoms in total. The third-order valence-electron chi connectivity index (χ3n) is 20.5. The molecule has 18 heteroatoms. The third kappa shape index (κ3) is 29.6. The van der Waals surface area contributed by atoms with Crippen LogP contribution in [0.4, 0.5) is 0 Å². The van der Waals surface area contributed by atoms with E-state index in [2.05, 4.69) is 0 Å². The molecule has 6 fully saturated rings. The van der Waals surface area contributed by atoms with Crippen molar-refractivity contribution < 1.29 is 135 Å². The molecule has 6 aliphatic rings. The van der Waals surface area contributed by atoms with Gasteiger partial charge in [-0.25, -0.2) is 0 Å². The number of likely N-dealkylation sites (N-methyl/N-ethyl adjacent to an activating group) is 6. The molecule has 12 rings (SSSR count). The first-order valence-electron chi connectivity index (χ1n) is 65.4. The minimum absolute atomic E-state index is 0.00718. The van der Waals surface area contributed by atoms with Crippen molar-refractivity contribution in [2.24, 2.45) is 0 Å². The summed E-state index contributed by atoms with van der Waals surface area (Å²) >= 11 is 0. The number of aromatic hydroxyl groups is 6. The maximum Gasteiger partial charge on any atom is 0.115 e. The fraction of sp³-hybridized carbons (Fsp3) is 0.625. The van der Waals surface area contributed by atoms with E-state index >= 15 is 0 Å². The molecular weight excluding hydrogens is 1430 g/mol. The van der Waals surface area contributed by atoms with Gasteiger partial charge in [0, 0.05) is 116 Å². The smallest absolute Gasteiger partial charge is 0.115 e. The van der Waals surface area contributed by atoms with E-state index in [9.17, 15) is 61.3 Å². The number of hydrogen-bond acceptors (Lipinski definition) is 18. The second kappa shape index (κ2) is 45.5. The number of hydrogen-bond donors (Lipinski definition) is 12. The third-order valence-corrected chi connectivity index (χ3v) is 20.5. The summed E-state index contributed by atoms with van der Waals surface area (Å²) in [5.41, 5.74) is -15.1. The van der Waals surface area contributed by atoms with Crippen molar-refractivity contribution in [3.05, 3.63) is 178 Å². The summed E-state index contributed by atoms with van der Waals surface area (Å²) in [6.45, 7) is -30.1. The van der Waals surface area contributed by atoms with Gasteiger partial charge in [0.25, 0.3) is 0 Å². The van der Waals surface area contributed by atoms with E-state index in [4.69, 9.17) is 74.0 Å². The lowest BCUT2D eigenvalue weighted by molar-refractivity contribution is -0.0280. The molecule has 0 aromatic heterocycles. The molecule has 6 unspecified atom stereocenters. The predicted octanol–water partition coefficient (Wildman–Crippen LogP) is 16.4. The molecule has 6 saturated carbocycles. The Kier molecular flexibility index (Phi) is 17.4. The Hall–Kier alpha value is -6.36. The Morgan fingerprint density at radius 1 is 0.246 bits per heavy atom. The van der Waals surface area contributed by atoms with E-state index < -0.39 is 356 Å². The molecule has 0 amide bonds. The summed E-state index contributed by atoms with van der Waals surface area (Å²) in [5.74, 6) is -20.4. The van der Waals surface area contributed by atoms with Crippen LogP contribution >= 0.6 is 0 Å². The van der Waals surface area contributed by atoms with Crippen LogP contribution in [0.5, 0.6) is 34.5 Å². The zero-order chi connectivity index (χ0) is 130. The zero-order valence-corrected chi connectivity index (χ0v) is 65.9. The second-order valence-corrected chi connectivity index (χ2v) is 30.3. The number of aliphatic hydroxyl groups is 6. The predicted molar refractivity (Wildman–Crippen MR) is 465 cm³/mol. The number of rotatable bonds is 24. The Balaban J connectivity index is 0.000000271. The van der Waals surface area contributed by atoms with Crippen molar-refractivity contribution in [1.82, 2.24) is 29.4 Å². The van der Waals surface area contributed by atoms with Crippen LogP contribution in [0.2, 0.25) is 0 Å². The monoisotopic (exact) mass is 1630 g/mol. The molecule has 114 heavy (non-hydrogen) atoms. The molecule has 0 heterocycles. The van der Waals surface area contributed by atoms with E-state index in [1.54, 1.807) is 19.0 Å². The Morgan fingerprint density at radius 3 is 0.605 bits per heavy atom. The minimum Gasteiger partial charge on any atom is -0.508 e. The number of phenols is 6. The van der Waals surface area contributed by atoms with Crippen LogP contribution in [-0.2, 0) is 0 Å². The topological polar surface area (TPSA) is 262 Å². The van der Waals surface area contributed by atoms with Crippen molar-refractivity contribution in [3.8, 4) is 34.5 Å². The van der Waals surface area contributed by atoms with Gasteiger partial charge in [0.15, 0.2) is 0 Å².